The highest BCUT2D eigenvalue weighted by Crippen LogP contribution is 2.13. The van der Waals surface area contributed by atoms with Crippen LogP contribution in [0.15, 0.2) is 0 Å². The number of hydrogen-bond acceptors (Lipinski definition) is 4. The van der Waals surface area contributed by atoms with Crippen LogP contribution in [-0.4, -0.2) is 79.5 Å². The van der Waals surface area contributed by atoms with Crippen molar-refractivity contribution in [2.75, 3.05) is 46.6 Å². The second kappa shape index (κ2) is 7.96. The number of rotatable bonds is 6. The van der Waals surface area contributed by atoms with Gasteiger partial charge >= 0.3 is 12.0 Å². The minimum absolute atomic E-state index is 0.0140. The van der Waals surface area contributed by atoms with Crippen LogP contribution in [0.5, 0.6) is 0 Å². The van der Waals surface area contributed by atoms with Gasteiger partial charge in [-0.2, -0.15) is 0 Å². The molecule has 2 amide bonds. The van der Waals surface area contributed by atoms with E-state index in [1.165, 1.54) is 12.0 Å². The van der Waals surface area contributed by atoms with Gasteiger partial charge in [0.25, 0.3) is 0 Å². The summed E-state index contributed by atoms with van der Waals surface area (Å²) in [4.78, 5) is 26.2. The largest absolute Gasteiger partial charge is 0.480 e. The Morgan fingerprint density at radius 2 is 2.26 bits per heavy atom. The Bertz CT molecular complexity index is 310. The fourth-order valence-corrected chi connectivity index (χ4v) is 2.03. The van der Waals surface area contributed by atoms with E-state index < -0.39 is 5.97 Å². The van der Waals surface area contributed by atoms with E-state index >= 15 is 0 Å². The number of carbonyl (C=O) groups is 2. The van der Waals surface area contributed by atoms with Gasteiger partial charge in [0.15, 0.2) is 0 Å². The summed E-state index contributed by atoms with van der Waals surface area (Å²) < 4.78 is 10.3. The van der Waals surface area contributed by atoms with E-state index in [1.807, 2.05) is 6.92 Å². The van der Waals surface area contributed by atoms with E-state index in [4.69, 9.17) is 14.6 Å². The molecule has 1 saturated heterocycles. The van der Waals surface area contributed by atoms with E-state index in [1.54, 1.807) is 4.90 Å². The van der Waals surface area contributed by atoms with E-state index in [2.05, 4.69) is 0 Å². The van der Waals surface area contributed by atoms with Crippen LogP contribution in [0.1, 0.15) is 13.3 Å². The summed E-state index contributed by atoms with van der Waals surface area (Å²) in [7, 11) is 1.52. The number of carboxylic acids is 1. The lowest BCUT2D eigenvalue weighted by atomic mass is 10.2. The van der Waals surface area contributed by atoms with Crippen molar-refractivity contribution in [2.45, 2.75) is 19.4 Å². The van der Waals surface area contributed by atoms with Crippen molar-refractivity contribution in [3.05, 3.63) is 0 Å². The fraction of sp³-hybridized carbons (Fsp3) is 0.833. The SMILES string of the molecule is CCC1COCCN1C(=O)N(CCOC)CC(=O)O. The molecule has 1 aliphatic heterocycles. The molecule has 0 aromatic carbocycles. The Kier molecular flexibility index (Phi) is 6.58. The predicted molar refractivity (Wildman–Crippen MR) is 68.1 cm³/mol. The summed E-state index contributed by atoms with van der Waals surface area (Å²) in [5.41, 5.74) is 0. The molecule has 7 heteroatoms. The van der Waals surface area contributed by atoms with Gasteiger partial charge in [0.1, 0.15) is 6.54 Å². The lowest BCUT2D eigenvalue weighted by Crippen LogP contribution is -2.54. The van der Waals surface area contributed by atoms with Gasteiger partial charge in [0, 0.05) is 20.2 Å². The quantitative estimate of drug-likeness (QED) is 0.751. The number of carboxylic acid groups (broad SMARTS) is 1. The zero-order valence-corrected chi connectivity index (χ0v) is 11.5. The van der Waals surface area contributed by atoms with Gasteiger partial charge in [-0.05, 0) is 6.42 Å². The van der Waals surface area contributed by atoms with Crippen molar-refractivity contribution >= 4 is 12.0 Å². The van der Waals surface area contributed by atoms with Crippen molar-refractivity contribution < 1.29 is 24.2 Å². The molecule has 0 saturated carbocycles. The molecule has 1 rings (SSSR count). The number of urea groups is 1. The molecular formula is C12H22N2O5. The van der Waals surface area contributed by atoms with Gasteiger partial charge in [-0.25, -0.2) is 4.79 Å². The lowest BCUT2D eigenvalue weighted by molar-refractivity contribution is -0.138. The lowest BCUT2D eigenvalue weighted by Gasteiger charge is -2.38. The van der Waals surface area contributed by atoms with Crippen molar-refractivity contribution in [3.63, 3.8) is 0 Å². The predicted octanol–water partition coefficient (Wildman–Crippen LogP) is 0.250. The first kappa shape index (κ1) is 15.7. The van der Waals surface area contributed by atoms with Crippen LogP contribution in [0, 0.1) is 0 Å². The van der Waals surface area contributed by atoms with Crippen LogP contribution in [0.25, 0.3) is 0 Å². The summed E-state index contributed by atoms with van der Waals surface area (Å²) in [6.07, 6.45) is 0.789. The maximum atomic E-state index is 12.4. The number of hydrogen-bond donors (Lipinski definition) is 1. The van der Waals surface area contributed by atoms with Gasteiger partial charge < -0.3 is 24.4 Å². The second-order valence-corrected chi connectivity index (χ2v) is 4.42. The third-order valence-electron chi connectivity index (χ3n) is 3.11. The van der Waals surface area contributed by atoms with Gasteiger partial charge in [-0.15, -0.1) is 0 Å². The molecule has 0 spiro atoms. The second-order valence-electron chi connectivity index (χ2n) is 4.42. The number of amides is 2. The monoisotopic (exact) mass is 274 g/mol. The van der Waals surface area contributed by atoms with Crippen LogP contribution in [0.2, 0.25) is 0 Å². The topological polar surface area (TPSA) is 79.3 Å². The van der Waals surface area contributed by atoms with E-state index in [9.17, 15) is 9.59 Å². The molecule has 0 aromatic heterocycles. The van der Waals surface area contributed by atoms with Crippen LogP contribution >= 0.6 is 0 Å². The zero-order valence-electron chi connectivity index (χ0n) is 11.5. The van der Waals surface area contributed by atoms with Gasteiger partial charge in [-0.3, -0.25) is 4.79 Å². The van der Waals surface area contributed by atoms with E-state index in [0.717, 1.165) is 6.42 Å². The average molecular weight is 274 g/mol. The minimum atomic E-state index is -1.02. The first-order chi connectivity index (χ1) is 9.10. The molecule has 1 N–H and O–H groups in total. The van der Waals surface area contributed by atoms with Crippen LogP contribution in [-0.2, 0) is 14.3 Å². The smallest absolute Gasteiger partial charge is 0.323 e. The van der Waals surface area contributed by atoms with Crippen LogP contribution in [0.3, 0.4) is 0 Å². The summed E-state index contributed by atoms with van der Waals surface area (Å²) in [5.74, 6) is -1.02. The van der Waals surface area contributed by atoms with Crippen LogP contribution in [0.4, 0.5) is 4.79 Å². The third kappa shape index (κ3) is 4.68. The highest BCUT2D eigenvalue weighted by Gasteiger charge is 2.30. The molecular weight excluding hydrogens is 252 g/mol. The van der Waals surface area contributed by atoms with Crippen molar-refractivity contribution in [1.29, 1.82) is 0 Å². The Hall–Kier alpha value is -1.34. The number of carbonyl (C=O) groups excluding carboxylic acids is 1. The van der Waals surface area contributed by atoms with Gasteiger partial charge in [0.05, 0.1) is 25.9 Å². The Balaban J connectivity index is 2.69. The first-order valence-corrected chi connectivity index (χ1v) is 6.44. The number of morpholine rings is 1. The molecule has 1 unspecified atom stereocenters. The fourth-order valence-electron chi connectivity index (χ4n) is 2.03. The molecule has 0 radical (unpaired) electrons. The number of nitrogens with zero attached hydrogens (tertiary/aromatic N) is 2. The number of ether oxygens (including phenoxy) is 2. The molecule has 0 bridgehead atoms. The van der Waals surface area contributed by atoms with Crippen molar-refractivity contribution in [3.8, 4) is 0 Å². The Morgan fingerprint density at radius 3 is 2.84 bits per heavy atom. The summed E-state index contributed by atoms with van der Waals surface area (Å²) in [6, 6.07) is -0.241. The molecule has 1 aliphatic rings. The van der Waals surface area contributed by atoms with Gasteiger partial charge in [0.2, 0.25) is 0 Å². The molecule has 0 aliphatic carbocycles. The summed E-state index contributed by atoms with van der Waals surface area (Å²) in [5, 5.41) is 8.88. The Labute approximate surface area is 113 Å². The molecule has 1 fully saturated rings. The highest BCUT2D eigenvalue weighted by molar-refractivity contribution is 5.80. The average Bonchev–Trinajstić information content (AvgIpc) is 2.42. The number of methoxy groups -OCH3 is 1. The molecule has 19 heavy (non-hydrogen) atoms. The molecule has 0 aromatic rings. The summed E-state index contributed by atoms with van der Waals surface area (Å²) in [6.45, 7) is 3.77. The molecule has 7 nitrogen and oxygen atoms in total. The molecule has 1 heterocycles. The summed E-state index contributed by atoms with van der Waals surface area (Å²) >= 11 is 0. The van der Waals surface area contributed by atoms with Crippen molar-refractivity contribution in [1.82, 2.24) is 9.80 Å². The number of aliphatic carboxylic acids is 1. The van der Waals surface area contributed by atoms with E-state index in [0.29, 0.717) is 26.4 Å². The van der Waals surface area contributed by atoms with Crippen LogP contribution < -0.4 is 0 Å². The molecule has 1 atom stereocenters. The van der Waals surface area contributed by atoms with Crippen molar-refractivity contribution in [2.24, 2.45) is 0 Å². The Morgan fingerprint density at radius 1 is 1.53 bits per heavy atom. The standard InChI is InChI=1S/C12H22N2O5/c1-3-10-9-19-7-5-14(10)12(17)13(4-6-18-2)8-11(15)16/h10H,3-9H2,1-2H3,(H,15,16). The maximum absolute atomic E-state index is 12.4. The molecule has 110 valence electrons. The highest BCUT2D eigenvalue weighted by atomic mass is 16.5. The minimum Gasteiger partial charge on any atom is -0.480 e. The zero-order chi connectivity index (χ0) is 14.3. The van der Waals surface area contributed by atoms with Gasteiger partial charge in [-0.1, -0.05) is 6.92 Å². The first-order valence-electron chi connectivity index (χ1n) is 6.44. The maximum Gasteiger partial charge on any atom is 0.323 e. The van der Waals surface area contributed by atoms with E-state index in [-0.39, 0.29) is 25.2 Å². The third-order valence-corrected chi connectivity index (χ3v) is 3.11. The normalized spacial score (nSPS) is 19.3.